The van der Waals surface area contributed by atoms with Crippen molar-refractivity contribution in [3.05, 3.63) is 78.8 Å². The van der Waals surface area contributed by atoms with Crippen LogP contribution in [-0.2, 0) is 25.7 Å². The van der Waals surface area contributed by atoms with Crippen LogP contribution in [0.25, 0.3) is 0 Å². The summed E-state index contributed by atoms with van der Waals surface area (Å²) in [6, 6.07) is 11.4. The number of nitro benzene ring substituents is 1. The maximum atomic E-state index is 13.9. The van der Waals surface area contributed by atoms with Crippen LogP contribution in [0.1, 0.15) is 16.4 Å². The number of carbonyl (C=O) groups is 3. The number of hydrogen-bond donors (Lipinski definition) is 1. The molecule has 12 nitrogen and oxygen atoms in total. The zero-order valence-electron chi connectivity index (χ0n) is 20.8. The van der Waals surface area contributed by atoms with Gasteiger partial charge in [-0.05, 0) is 29.8 Å². The fourth-order valence-electron chi connectivity index (χ4n) is 5.32. The summed E-state index contributed by atoms with van der Waals surface area (Å²) >= 11 is 2.03. The van der Waals surface area contributed by atoms with E-state index < -0.39 is 33.8 Å². The number of thiazole rings is 1. The molecule has 2 saturated heterocycles. The number of nitro groups is 1. The SMILES string of the molecule is O=C(Cn1c2c(sc1=O)C(c1ccc(O)cc1)C1C(=O)N(c3ccc([N+](=O)[O-])cc3)C(=O)C1S2)N1CCOCC1. The molecule has 0 bridgehead atoms. The number of aromatic hydroxyl groups is 1. The number of phenolic OH excluding ortho intramolecular Hbond substituents is 1. The van der Waals surface area contributed by atoms with Gasteiger partial charge in [0.1, 0.15) is 17.5 Å². The van der Waals surface area contributed by atoms with Crippen molar-refractivity contribution in [1.82, 2.24) is 9.47 Å². The number of phenols is 1. The van der Waals surface area contributed by atoms with E-state index in [9.17, 15) is 34.4 Å². The highest BCUT2D eigenvalue weighted by Crippen LogP contribution is 2.54. The molecule has 3 aliphatic heterocycles. The van der Waals surface area contributed by atoms with Crippen molar-refractivity contribution in [2.75, 3.05) is 31.2 Å². The number of imide groups is 1. The first-order chi connectivity index (χ1) is 19.2. The summed E-state index contributed by atoms with van der Waals surface area (Å²) < 4.78 is 6.69. The molecular weight excluding hydrogens is 560 g/mol. The summed E-state index contributed by atoms with van der Waals surface area (Å²) in [5.74, 6) is -2.76. The lowest BCUT2D eigenvalue weighted by Crippen LogP contribution is -2.43. The van der Waals surface area contributed by atoms with Crippen LogP contribution in [0.3, 0.4) is 0 Å². The molecule has 3 atom stereocenters. The Hall–Kier alpha value is -4.01. The van der Waals surface area contributed by atoms with E-state index >= 15 is 0 Å². The molecule has 3 aromatic rings. The van der Waals surface area contributed by atoms with Crippen LogP contribution >= 0.6 is 23.1 Å². The molecule has 0 radical (unpaired) electrons. The van der Waals surface area contributed by atoms with Crippen molar-refractivity contribution in [2.24, 2.45) is 5.92 Å². The van der Waals surface area contributed by atoms with Gasteiger partial charge in [-0.15, -0.1) is 0 Å². The third kappa shape index (κ3) is 4.37. The van der Waals surface area contributed by atoms with Crippen LogP contribution in [0.2, 0.25) is 0 Å². The van der Waals surface area contributed by atoms with Crippen molar-refractivity contribution >= 4 is 52.2 Å². The Labute approximate surface area is 234 Å². The van der Waals surface area contributed by atoms with E-state index in [4.69, 9.17) is 4.74 Å². The van der Waals surface area contributed by atoms with Gasteiger partial charge in [-0.2, -0.15) is 0 Å². The van der Waals surface area contributed by atoms with Crippen LogP contribution in [0.15, 0.2) is 58.4 Å². The number of amides is 3. The Kier molecular flexibility index (Phi) is 6.68. The molecule has 1 aromatic heterocycles. The van der Waals surface area contributed by atoms with Crippen LogP contribution < -0.4 is 9.77 Å². The minimum atomic E-state index is -0.896. The van der Waals surface area contributed by atoms with E-state index in [1.165, 1.54) is 41.0 Å². The summed E-state index contributed by atoms with van der Waals surface area (Å²) in [6.45, 7) is 1.47. The van der Waals surface area contributed by atoms with E-state index in [1.54, 1.807) is 17.0 Å². The Morgan fingerprint density at radius 1 is 1.02 bits per heavy atom. The number of fused-ring (bicyclic) bond motifs is 2. The number of morpholine rings is 1. The van der Waals surface area contributed by atoms with Crippen LogP contribution in [0, 0.1) is 16.0 Å². The molecule has 0 spiro atoms. The molecule has 14 heteroatoms. The van der Waals surface area contributed by atoms with E-state index in [2.05, 4.69) is 0 Å². The molecule has 0 saturated carbocycles. The monoisotopic (exact) mass is 582 g/mol. The first-order valence-corrected chi connectivity index (χ1v) is 14.1. The molecule has 4 heterocycles. The highest BCUT2D eigenvalue weighted by atomic mass is 32.2. The summed E-state index contributed by atoms with van der Waals surface area (Å²) in [7, 11) is 0. The summed E-state index contributed by atoms with van der Waals surface area (Å²) in [4.78, 5) is 67.3. The number of rotatable bonds is 5. The lowest BCUT2D eigenvalue weighted by molar-refractivity contribution is -0.384. The minimum absolute atomic E-state index is 0.0221. The number of benzene rings is 2. The van der Waals surface area contributed by atoms with Crippen LogP contribution in [0.4, 0.5) is 11.4 Å². The average molecular weight is 583 g/mol. The number of anilines is 1. The summed E-state index contributed by atoms with van der Waals surface area (Å²) in [5.41, 5.74) is 0.671. The first kappa shape index (κ1) is 26.2. The maximum Gasteiger partial charge on any atom is 0.308 e. The Balaban J connectivity index is 1.41. The number of carbonyl (C=O) groups excluding carboxylic acids is 3. The largest absolute Gasteiger partial charge is 0.508 e. The minimum Gasteiger partial charge on any atom is -0.508 e. The van der Waals surface area contributed by atoms with E-state index in [0.29, 0.717) is 41.8 Å². The molecule has 3 aliphatic rings. The highest BCUT2D eigenvalue weighted by molar-refractivity contribution is 8.00. The van der Waals surface area contributed by atoms with Gasteiger partial charge < -0.3 is 14.7 Å². The first-order valence-electron chi connectivity index (χ1n) is 12.4. The highest BCUT2D eigenvalue weighted by Gasteiger charge is 2.56. The quantitative estimate of drug-likeness (QED) is 0.271. The molecule has 2 aromatic carbocycles. The molecule has 6 rings (SSSR count). The number of non-ortho nitro benzene ring substituents is 1. The molecule has 206 valence electrons. The van der Waals surface area contributed by atoms with Crippen molar-refractivity contribution in [3.63, 3.8) is 0 Å². The summed E-state index contributed by atoms with van der Waals surface area (Å²) in [6.07, 6.45) is 0. The molecule has 40 heavy (non-hydrogen) atoms. The summed E-state index contributed by atoms with van der Waals surface area (Å²) in [5, 5.41) is 20.5. The number of ether oxygens (including phenoxy) is 1. The zero-order valence-corrected chi connectivity index (χ0v) is 22.4. The van der Waals surface area contributed by atoms with Gasteiger partial charge >= 0.3 is 4.87 Å². The van der Waals surface area contributed by atoms with E-state index in [-0.39, 0.29) is 34.4 Å². The second-order valence-electron chi connectivity index (χ2n) is 9.54. The van der Waals surface area contributed by atoms with Gasteiger partial charge in [-0.25, -0.2) is 4.90 Å². The number of thioether (sulfide) groups is 1. The Bertz CT molecular complexity index is 1580. The molecule has 1 N–H and O–H groups in total. The fourth-order valence-corrected chi connectivity index (χ4v) is 8.10. The topological polar surface area (TPSA) is 152 Å². The van der Waals surface area contributed by atoms with E-state index in [0.717, 1.165) is 28.0 Å². The fraction of sp³-hybridized carbons (Fsp3) is 0.308. The third-order valence-corrected chi connectivity index (χ3v) is 9.88. The van der Waals surface area contributed by atoms with Gasteiger partial charge in [-0.3, -0.25) is 33.9 Å². The van der Waals surface area contributed by atoms with Crippen molar-refractivity contribution < 1.29 is 29.2 Å². The molecular formula is C26H22N4O8S2. The standard InChI is InChI=1S/C26H22N4O8S2/c31-17-7-1-14(2-8-17)19-20-21(24(34)29(23(20)33)15-3-5-16(6-4-15)30(36)37)39-25-22(19)40-26(35)28(25)13-18(32)27-9-11-38-12-10-27/h1-8,19-21,31H,9-13H2. The lowest BCUT2D eigenvalue weighted by Gasteiger charge is -2.31. The Morgan fingerprint density at radius 3 is 2.35 bits per heavy atom. The normalized spacial score (nSPS) is 22.2. The van der Waals surface area contributed by atoms with E-state index in [1.807, 2.05) is 0 Å². The predicted molar refractivity (Wildman–Crippen MR) is 145 cm³/mol. The second kappa shape index (κ2) is 10.2. The predicted octanol–water partition coefficient (Wildman–Crippen LogP) is 2.18. The lowest BCUT2D eigenvalue weighted by atomic mass is 9.83. The number of aromatic nitrogens is 1. The van der Waals surface area contributed by atoms with Crippen molar-refractivity contribution in [2.45, 2.75) is 22.7 Å². The smallest absolute Gasteiger partial charge is 0.308 e. The van der Waals surface area contributed by atoms with Gasteiger partial charge in [0, 0.05) is 36.0 Å². The number of hydrogen-bond acceptors (Lipinski definition) is 10. The van der Waals surface area contributed by atoms with Crippen LogP contribution in [-0.4, -0.2) is 68.8 Å². The molecule has 3 amide bonds. The second-order valence-corrected chi connectivity index (χ2v) is 11.7. The molecule has 0 aliphatic carbocycles. The van der Waals surface area contributed by atoms with Crippen molar-refractivity contribution in [1.29, 1.82) is 0 Å². The van der Waals surface area contributed by atoms with Gasteiger partial charge in [0.25, 0.3) is 5.69 Å². The maximum absolute atomic E-state index is 13.9. The van der Waals surface area contributed by atoms with Gasteiger partial charge in [0.05, 0.1) is 34.8 Å². The van der Waals surface area contributed by atoms with Crippen LogP contribution in [0.5, 0.6) is 5.75 Å². The number of nitrogens with zero attached hydrogens (tertiary/aromatic N) is 4. The van der Waals surface area contributed by atoms with Gasteiger partial charge in [0.15, 0.2) is 0 Å². The average Bonchev–Trinajstić information content (AvgIpc) is 3.40. The Morgan fingerprint density at radius 2 is 1.70 bits per heavy atom. The van der Waals surface area contributed by atoms with Crippen molar-refractivity contribution in [3.8, 4) is 5.75 Å². The van der Waals surface area contributed by atoms with Gasteiger partial charge in [0.2, 0.25) is 17.7 Å². The third-order valence-electron chi connectivity index (χ3n) is 7.28. The molecule has 2 fully saturated rings. The molecule has 3 unspecified atom stereocenters. The van der Waals surface area contributed by atoms with Gasteiger partial charge in [-0.1, -0.05) is 35.2 Å². The zero-order chi connectivity index (χ0) is 28.1.